The van der Waals surface area contributed by atoms with Crippen molar-refractivity contribution in [2.24, 2.45) is 0 Å². The number of fused-ring (bicyclic) bond motifs is 1. The number of aromatic nitrogens is 3. The lowest BCUT2D eigenvalue weighted by molar-refractivity contribution is -0.141. The van der Waals surface area contributed by atoms with E-state index in [1.165, 1.54) is 17.7 Å². The molecule has 0 aliphatic carbocycles. The van der Waals surface area contributed by atoms with Crippen molar-refractivity contribution in [2.45, 2.75) is 19.6 Å². The van der Waals surface area contributed by atoms with Gasteiger partial charge in [0, 0.05) is 17.3 Å². The lowest BCUT2D eigenvalue weighted by Crippen LogP contribution is -2.19. The quantitative estimate of drug-likeness (QED) is 0.341. The number of anilines is 1. The number of aliphatic hydroxyl groups excluding tert-OH is 1. The molecule has 10 heteroatoms. The Morgan fingerprint density at radius 3 is 2.59 bits per heavy atom. The standard InChI is InChI=1S/C19H16F3N5O2/c1-11(23)14(10-28)18(29)25-17-13-4-2-3-5-15(13)27(26-17)9-12-6-7-16(24-8-12)19(20,21)22/h2-8,10,23,28H,9H2,1H3,(H,25,26,29)/b14-10+,23-11?. The second kappa shape index (κ2) is 7.74. The lowest BCUT2D eigenvalue weighted by Gasteiger charge is -2.07. The second-order valence-corrected chi connectivity index (χ2v) is 6.19. The van der Waals surface area contributed by atoms with Crippen molar-refractivity contribution in [3.05, 3.63) is 65.7 Å². The van der Waals surface area contributed by atoms with E-state index < -0.39 is 17.8 Å². The number of para-hydroxylation sites is 1. The van der Waals surface area contributed by atoms with Gasteiger partial charge in [0.15, 0.2) is 5.82 Å². The number of rotatable bonds is 5. The summed E-state index contributed by atoms with van der Waals surface area (Å²) in [5.41, 5.74) is -0.177. The third-order valence-electron chi connectivity index (χ3n) is 4.12. The number of pyridine rings is 1. The monoisotopic (exact) mass is 403 g/mol. The molecule has 3 aromatic rings. The molecular weight excluding hydrogens is 387 g/mol. The molecule has 0 unspecified atom stereocenters. The van der Waals surface area contributed by atoms with E-state index in [1.807, 2.05) is 0 Å². The van der Waals surface area contributed by atoms with Gasteiger partial charge in [-0.1, -0.05) is 18.2 Å². The topological polar surface area (TPSA) is 104 Å². The molecule has 1 aromatic carbocycles. The second-order valence-electron chi connectivity index (χ2n) is 6.19. The van der Waals surface area contributed by atoms with E-state index in [4.69, 9.17) is 10.5 Å². The zero-order valence-corrected chi connectivity index (χ0v) is 15.2. The minimum Gasteiger partial charge on any atom is -0.515 e. The highest BCUT2D eigenvalue weighted by molar-refractivity contribution is 6.24. The first-order valence-electron chi connectivity index (χ1n) is 8.39. The van der Waals surface area contributed by atoms with Crippen LogP contribution in [0.1, 0.15) is 18.2 Å². The predicted molar refractivity (Wildman–Crippen MR) is 101 cm³/mol. The lowest BCUT2D eigenvalue weighted by atomic mass is 10.2. The number of hydrogen-bond acceptors (Lipinski definition) is 5. The maximum Gasteiger partial charge on any atom is 0.433 e. The van der Waals surface area contributed by atoms with Gasteiger partial charge in [0.2, 0.25) is 0 Å². The van der Waals surface area contributed by atoms with Crippen molar-refractivity contribution in [3.63, 3.8) is 0 Å². The van der Waals surface area contributed by atoms with Crippen LogP contribution in [0.4, 0.5) is 19.0 Å². The van der Waals surface area contributed by atoms with Gasteiger partial charge in [0.25, 0.3) is 5.91 Å². The van der Waals surface area contributed by atoms with E-state index in [2.05, 4.69) is 15.4 Å². The molecule has 3 rings (SSSR count). The van der Waals surface area contributed by atoms with Crippen molar-refractivity contribution >= 4 is 28.3 Å². The van der Waals surface area contributed by atoms with Crippen LogP contribution in [-0.2, 0) is 17.5 Å². The molecule has 2 heterocycles. The van der Waals surface area contributed by atoms with Gasteiger partial charge in [-0.2, -0.15) is 18.3 Å². The van der Waals surface area contributed by atoms with Crippen molar-refractivity contribution in [1.82, 2.24) is 14.8 Å². The number of alkyl halides is 3. The zero-order valence-electron chi connectivity index (χ0n) is 15.2. The van der Waals surface area contributed by atoms with Gasteiger partial charge in [-0.25, -0.2) is 0 Å². The molecule has 2 aromatic heterocycles. The Kier molecular flexibility index (Phi) is 5.35. The molecule has 29 heavy (non-hydrogen) atoms. The molecule has 0 aliphatic rings. The number of aliphatic hydroxyl groups is 1. The van der Waals surface area contributed by atoms with Crippen molar-refractivity contribution < 1.29 is 23.1 Å². The van der Waals surface area contributed by atoms with Crippen LogP contribution in [0.2, 0.25) is 0 Å². The summed E-state index contributed by atoms with van der Waals surface area (Å²) in [4.78, 5) is 15.7. The zero-order chi connectivity index (χ0) is 21.2. The summed E-state index contributed by atoms with van der Waals surface area (Å²) in [6.07, 6.45) is -2.84. The average molecular weight is 403 g/mol. The van der Waals surface area contributed by atoms with Crippen LogP contribution in [0.25, 0.3) is 10.9 Å². The fraction of sp³-hybridized carbons (Fsp3) is 0.158. The summed E-state index contributed by atoms with van der Waals surface area (Å²) < 4.78 is 39.5. The Bertz CT molecular complexity index is 1100. The van der Waals surface area contributed by atoms with Gasteiger partial charge in [-0.3, -0.25) is 14.5 Å². The minimum absolute atomic E-state index is 0.121. The van der Waals surface area contributed by atoms with Crippen LogP contribution >= 0.6 is 0 Å². The highest BCUT2D eigenvalue weighted by Gasteiger charge is 2.32. The summed E-state index contributed by atoms with van der Waals surface area (Å²) >= 11 is 0. The number of benzene rings is 1. The Balaban J connectivity index is 1.92. The Morgan fingerprint density at radius 2 is 2.00 bits per heavy atom. The number of nitrogens with one attached hydrogen (secondary N) is 2. The third-order valence-corrected chi connectivity index (χ3v) is 4.12. The summed E-state index contributed by atoms with van der Waals surface area (Å²) in [5.74, 6) is -0.502. The van der Waals surface area contributed by atoms with Crippen LogP contribution in [0.3, 0.4) is 0 Å². The van der Waals surface area contributed by atoms with Gasteiger partial charge >= 0.3 is 6.18 Å². The molecule has 7 nitrogen and oxygen atoms in total. The molecule has 0 saturated carbocycles. The molecule has 150 valence electrons. The summed E-state index contributed by atoms with van der Waals surface area (Å²) in [7, 11) is 0. The Morgan fingerprint density at radius 1 is 1.28 bits per heavy atom. The number of hydrogen-bond donors (Lipinski definition) is 3. The first-order chi connectivity index (χ1) is 13.7. The highest BCUT2D eigenvalue weighted by Crippen LogP contribution is 2.28. The first-order valence-corrected chi connectivity index (χ1v) is 8.39. The van der Waals surface area contributed by atoms with Gasteiger partial charge in [0.1, 0.15) is 5.69 Å². The van der Waals surface area contributed by atoms with Gasteiger partial charge in [-0.05, 0) is 30.7 Å². The van der Waals surface area contributed by atoms with Gasteiger partial charge in [-0.15, -0.1) is 0 Å². The van der Waals surface area contributed by atoms with Crippen molar-refractivity contribution in [3.8, 4) is 0 Å². The first kappa shape index (κ1) is 20.1. The number of carbonyl (C=O) groups excluding carboxylic acids is 1. The van der Waals surface area contributed by atoms with Crippen LogP contribution in [0.5, 0.6) is 0 Å². The fourth-order valence-corrected chi connectivity index (χ4v) is 2.70. The molecular formula is C19H16F3N5O2. The van der Waals surface area contributed by atoms with E-state index in [0.29, 0.717) is 22.7 Å². The molecule has 3 N–H and O–H groups in total. The highest BCUT2D eigenvalue weighted by atomic mass is 19.4. The molecule has 0 spiro atoms. The van der Waals surface area contributed by atoms with E-state index in [9.17, 15) is 18.0 Å². The van der Waals surface area contributed by atoms with Crippen molar-refractivity contribution in [2.75, 3.05) is 5.32 Å². The molecule has 0 aliphatic heterocycles. The van der Waals surface area contributed by atoms with E-state index in [1.54, 1.807) is 24.3 Å². The Labute approximate surface area is 163 Å². The average Bonchev–Trinajstić information content (AvgIpc) is 2.99. The number of carbonyl (C=O) groups is 1. The van der Waals surface area contributed by atoms with E-state index >= 15 is 0 Å². The molecule has 0 bridgehead atoms. The molecule has 0 radical (unpaired) electrons. The predicted octanol–water partition coefficient (Wildman–Crippen LogP) is 3.92. The summed E-state index contributed by atoms with van der Waals surface area (Å²) in [5, 5.41) is 24.2. The molecule has 1 amide bonds. The maximum absolute atomic E-state index is 12.7. The number of nitrogens with zero attached hydrogens (tertiary/aromatic N) is 3. The van der Waals surface area contributed by atoms with Crippen LogP contribution in [0, 0.1) is 5.41 Å². The fourth-order valence-electron chi connectivity index (χ4n) is 2.70. The molecule has 0 fully saturated rings. The SMILES string of the molecule is CC(=N)/C(=C\O)C(=O)Nc1nn(Cc2ccc(C(F)(F)F)nc2)c2ccccc12. The van der Waals surface area contributed by atoms with Crippen LogP contribution in [0.15, 0.2) is 54.4 Å². The van der Waals surface area contributed by atoms with E-state index in [-0.39, 0.29) is 23.6 Å². The van der Waals surface area contributed by atoms with Gasteiger partial charge in [0.05, 0.1) is 23.9 Å². The van der Waals surface area contributed by atoms with Gasteiger partial charge < -0.3 is 15.8 Å². The van der Waals surface area contributed by atoms with Crippen LogP contribution < -0.4 is 5.32 Å². The van der Waals surface area contributed by atoms with Crippen LogP contribution in [-0.4, -0.2) is 31.5 Å². The molecule has 0 saturated heterocycles. The van der Waals surface area contributed by atoms with Crippen molar-refractivity contribution in [1.29, 1.82) is 5.41 Å². The smallest absolute Gasteiger partial charge is 0.433 e. The maximum atomic E-state index is 12.7. The number of halogens is 3. The van der Waals surface area contributed by atoms with E-state index in [0.717, 1.165) is 12.3 Å². The third kappa shape index (κ3) is 4.26. The Hall–Kier alpha value is -3.69. The largest absolute Gasteiger partial charge is 0.515 e. The number of amides is 1. The minimum atomic E-state index is -4.51. The normalized spacial score (nSPS) is 12.2. The molecule has 0 atom stereocenters. The summed E-state index contributed by atoms with van der Waals surface area (Å²) in [6.45, 7) is 1.49. The summed E-state index contributed by atoms with van der Waals surface area (Å²) in [6, 6.07) is 9.19.